The summed E-state index contributed by atoms with van der Waals surface area (Å²) in [6.07, 6.45) is 1.87. The second kappa shape index (κ2) is 14.0. The molecule has 288 valence electrons. The van der Waals surface area contributed by atoms with E-state index < -0.39 is 0 Å². The fourth-order valence-electron chi connectivity index (χ4n) is 8.15. The van der Waals surface area contributed by atoms with E-state index in [9.17, 15) is 5.11 Å². The van der Waals surface area contributed by atoms with Gasteiger partial charge in [0, 0.05) is 54.0 Å². The molecule has 3 heterocycles. The maximum atomic E-state index is 11.8. The van der Waals surface area contributed by atoms with E-state index >= 15 is 0 Å². The van der Waals surface area contributed by atoms with Gasteiger partial charge in [-0.2, -0.15) is 0 Å². The number of fused-ring (bicyclic) bond motifs is 8. The summed E-state index contributed by atoms with van der Waals surface area (Å²) >= 11 is 1.61. The van der Waals surface area contributed by atoms with Gasteiger partial charge in [0.1, 0.15) is 16.3 Å². The second-order valence-electron chi connectivity index (χ2n) is 17.1. The van der Waals surface area contributed by atoms with E-state index in [1.54, 1.807) is 11.3 Å². The van der Waals surface area contributed by atoms with Crippen molar-refractivity contribution in [1.29, 1.82) is 0 Å². The minimum Gasteiger partial charge on any atom is -0.507 e. The van der Waals surface area contributed by atoms with Gasteiger partial charge in [0.2, 0.25) is 0 Å². The summed E-state index contributed by atoms with van der Waals surface area (Å²) in [7, 11) is 0. The van der Waals surface area contributed by atoms with Crippen molar-refractivity contribution in [2.75, 3.05) is 0 Å². The monoisotopic (exact) mass is 952 g/mol. The van der Waals surface area contributed by atoms with Gasteiger partial charge < -0.3 is 9.52 Å². The molecule has 3 aromatic heterocycles. The van der Waals surface area contributed by atoms with Crippen LogP contribution < -0.4 is 0 Å². The molecule has 0 amide bonds. The van der Waals surface area contributed by atoms with Crippen LogP contribution in [-0.4, -0.2) is 15.1 Å². The molecule has 7 aromatic carbocycles. The summed E-state index contributed by atoms with van der Waals surface area (Å²) in [5, 5.41) is 19.2. The van der Waals surface area contributed by atoms with Crippen molar-refractivity contribution in [3.05, 3.63) is 151 Å². The minimum atomic E-state index is -0.250. The van der Waals surface area contributed by atoms with Crippen LogP contribution in [0.3, 0.4) is 0 Å². The third-order valence-electron chi connectivity index (χ3n) is 11.2. The molecular formula is C52H41N2O2PtS-. The number of rotatable bonds is 4. The number of benzene rings is 7. The number of thiazole rings is 1. The second-order valence-corrected chi connectivity index (χ2v) is 18.1. The number of para-hydroxylation sites is 1. The molecule has 0 atom stereocenters. The SMILES string of the molecule is CC(C)(C)c1cc(-c2nc3c(-c4[c-]c(-c5cc(-c6ccccc6)ccn5)c5oc6c(ccc7ccc8ccccc8c76)c5c4)cccc3s2)c(O)c(C(C)(C)C)c1.[Pt]. The smallest absolute Gasteiger partial charge is 0.131 e. The number of aromatic nitrogens is 2. The number of phenols is 1. The molecule has 0 radical (unpaired) electrons. The van der Waals surface area contributed by atoms with Crippen LogP contribution in [0.5, 0.6) is 5.75 Å². The summed E-state index contributed by atoms with van der Waals surface area (Å²) in [5.74, 6) is 0.292. The standard InChI is InChI=1S/C52H41N2O2S.Pt/c1-51(2,3)35-28-41(47(55)42(29-35)52(4,5)6)50-54-46-37(17-12-18-44(46)57-50)34-25-39-38-22-21-32-20-19-31-15-10-11-16-36(31)45(32)49(38)56-48(39)40(26-34)43-27-33(23-24-53-43)30-13-8-7-9-14-30;/h7-25,27-29,55H,1-6H3;/q-1;. The molecule has 6 heteroatoms. The zero-order valence-electron chi connectivity index (χ0n) is 33.2. The minimum absolute atomic E-state index is 0. The third kappa shape index (κ3) is 6.33. The van der Waals surface area contributed by atoms with Crippen molar-refractivity contribution in [3.8, 4) is 49.8 Å². The van der Waals surface area contributed by atoms with Crippen LogP contribution in [0.2, 0.25) is 0 Å². The molecule has 0 unspecified atom stereocenters. The topological polar surface area (TPSA) is 59.2 Å². The molecule has 0 bridgehead atoms. The average molecular weight is 953 g/mol. The van der Waals surface area contributed by atoms with Gasteiger partial charge in [-0.1, -0.05) is 156 Å². The number of aromatic hydroxyl groups is 1. The van der Waals surface area contributed by atoms with Gasteiger partial charge >= 0.3 is 0 Å². The maximum absolute atomic E-state index is 11.8. The number of hydrogen-bond donors (Lipinski definition) is 1. The molecule has 0 spiro atoms. The van der Waals surface area contributed by atoms with Crippen molar-refractivity contribution in [2.45, 2.75) is 52.4 Å². The first-order valence-corrected chi connectivity index (χ1v) is 20.3. The number of nitrogens with zero attached hydrogens (tertiary/aromatic N) is 2. The Balaban J connectivity index is 0.00000436. The van der Waals surface area contributed by atoms with Crippen molar-refractivity contribution >= 4 is 65.0 Å². The number of phenolic OH excluding ortho intramolecular Hbond substituents is 1. The van der Waals surface area contributed by atoms with Crippen molar-refractivity contribution < 1.29 is 30.6 Å². The van der Waals surface area contributed by atoms with Gasteiger partial charge in [0.05, 0.1) is 16.7 Å². The molecule has 0 fully saturated rings. The summed E-state index contributed by atoms with van der Waals surface area (Å²) in [6, 6.07) is 48.4. The van der Waals surface area contributed by atoms with Crippen LogP contribution in [0.1, 0.15) is 52.7 Å². The molecule has 58 heavy (non-hydrogen) atoms. The predicted molar refractivity (Wildman–Crippen MR) is 239 cm³/mol. The molecule has 4 nitrogen and oxygen atoms in total. The molecule has 10 rings (SSSR count). The fourth-order valence-corrected chi connectivity index (χ4v) is 9.16. The molecule has 0 aliphatic carbocycles. The fraction of sp³-hybridized carbons (Fsp3) is 0.154. The third-order valence-corrected chi connectivity index (χ3v) is 12.3. The number of pyridine rings is 1. The van der Waals surface area contributed by atoms with E-state index in [0.29, 0.717) is 5.75 Å². The maximum Gasteiger partial charge on any atom is 0.131 e. The number of hydrogen-bond acceptors (Lipinski definition) is 5. The van der Waals surface area contributed by atoms with Crippen molar-refractivity contribution in [1.82, 2.24) is 9.97 Å². The van der Waals surface area contributed by atoms with Gasteiger partial charge in [-0.05, 0) is 67.3 Å². The van der Waals surface area contributed by atoms with Crippen LogP contribution >= 0.6 is 11.3 Å². The van der Waals surface area contributed by atoms with E-state index in [1.165, 1.54) is 10.9 Å². The molecule has 10 aromatic rings. The van der Waals surface area contributed by atoms with Gasteiger partial charge in [-0.3, -0.25) is 4.98 Å². The Morgan fingerprint density at radius 3 is 2.19 bits per heavy atom. The average Bonchev–Trinajstić information content (AvgIpc) is 3.82. The molecular weight excluding hydrogens is 912 g/mol. The Hall–Kier alpha value is -5.61. The summed E-state index contributed by atoms with van der Waals surface area (Å²) in [4.78, 5) is 10.3. The molecule has 0 saturated carbocycles. The van der Waals surface area contributed by atoms with Crippen LogP contribution in [0.25, 0.3) is 97.8 Å². The summed E-state index contributed by atoms with van der Waals surface area (Å²) < 4.78 is 8.06. The Morgan fingerprint density at radius 1 is 0.638 bits per heavy atom. The van der Waals surface area contributed by atoms with E-state index in [1.807, 2.05) is 18.3 Å². The van der Waals surface area contributed by atoms with Gasteiger partial charge in [-0.25, -0.2) is 4.98 Å². The van der Waals surface area contributed by atoms with Crippen LogP contribution in [0.15, 0.2) is 138 Å². The normalized spacial score (nSPS) is 12.2. The summed E-state index contributed by atoms with van der Waals surface area (Å²) in [5.41, 5.74) is 10.6. The first-order valence-electron chi connectivity index (χ1n) is 19.5. The quantitative estimate of drug-likeness (QED) is 0.141. The van der Waals surface area contributed by atoms with Crippen molar-refractivity contribution in [3.63, 3.8) is 0 Å². The Kier molecular flexibility index (Phi) is 9.19. The Labute approximate surface area is 356 Å². The summed E-state index contributed by atoms with van der Waals surface area (Å²) in [6.45, 7) is 13.1. The van der Waals surface area contributed by atoms with E-state index in [2.05, 4.69) is 163 Å². The van der Waals surface area contributed by atoms with E-state index in [0.717, 1.165) is 98.0 Å². The van der Waals surface area contributed by atoms with Gasteiger partial charge in [-0.15, -0.1) is 29.0 Å². The largest absolute Gasteiger partial charge is 0.507 e. The van der Waals surface area contributed by atoms with Crippen LogP contribution in [-0.2, 0) is 31.9 Å². The zero-order valence-corrected chi connectivity index (χ0v) is 36.3. The van der Waals surface area contributed by atoms with Crippen LogP contribution in [0, 0.1) is 6.07 Å². The molecule has 1 N–H and O–H groups in total. The zero-order chi connectivity index (χ0) is 39.2. The van der Waals surface area contributed by atoms with Crippen molar-refractivity contribution in [2.24, 2.45) is 0 Å². The van der Waals surface area contributed by atoms with E-state index in [-0.39, 0.29) is 31.9 Å². The Bertz CT molecular complexity index is 3220. The Morgan fingerprint density at radius 2 is 1.40 bits per heavy atom. The van der Waals surface area contributed by atoms with Gasteiger partial charge in [0.15, 0.2) is 0 Å². The number of furan rings is 1. The first kappa shape index (κ1) is 37.9. The molecule has 0 aliphatic heterocycles. The molecule has 0 saturated heterocycles. The predicted octanol–water partition coefficient (Wildman–Crippen LogP) is 14.7. The van der Waals surface area contributed by atoms with Gasteiger partial charge in [0.25, 0.3) is 0 Å². The molecule has 0 aliphatic rings. The van der Waals surface area contributed by atoms with Crippen LogP contribution in [0.4, 0.5) is 0 Å². The van der Waals surface area contributed by atoms with E-state index in [4.69, 9.17) is 14.4 Å². The first-order chi connectivity index (χ1) is 27.4.